The molecule has 0 aliphatic rings. The van der Waals surface area contributed by atoms with Crippen molar-refractivity contribution in [2.75, 3.05) is 12.4 Å². The molecule has 0 radical (unpaired) electrons. The number of methoxy groups -OCH3 is 1. The topological polar surface area (TPSA) is 95.7 Å². The molecule has 0 fully saturated rings. The lowest BCUT2D eigenvalue weighted by Crippen LogP contribution is -2.13. The maximum Gasteiger partial charge on any atom is 0.336 e. The molecule has 0 saturated heterocycles. The summed E-state index contributed by atoms with van der Waals surface area (Å²) in [7, 11) is 1.44. The number of amides is 1. The van der Waals surface area contributed by atoms with Crippen molar-refractivity contribution in [2.45, 2.75) is 0 Å². The Morgan fingerprint density at radius 2 is 2.44 bits per heavy atom. The summed E-state index contributed by atoms with van der Waals surface area (Å²) in [4.78, 5) is 18.3. The van der Waals surface area contributed by atoms with E-state index in [9.17, 15) is 4.79 Å². The minimum absolute atomic E-state index is 0.169. The van der Waals surface area contributed by atoms with Crippen LogP contribution in [0.3, 0.4) is 0 Å². The van der Waals surface area contributed by atoms with Crippen molar-refractivity contribution in [3.8, 4) is 6.01 Å². The molecule has 3 N–H and O–H groups in total. The van der Waals surface area contributed by atoms with E-state index in [0.29, 0.717) is 5.69 Å². The minimum atomic E-state index is -0.315. The van der Waals surface area contributed by atoms with Crippen LogP contribution in [0.4, 0.5) is 5.95 Å². The molecule has 0 aliphatic heterocycles. The second-order valence-electron chi connectivity index (χ2n) is 2.86. The van der Waals surface area contributed by atoms with Crippen LogP contribution in [-0.2, 0) is 0 Å². The number of carbonyl (C=O) groups excluding carboxylic acids is 1. The molecular formula is C8H8BrN5O2. The van der Waals surface area contributed by atoms with Gasteiger partial charge in [0.25, 0.3) is 5.91 Å². The molecule has 0 unspecified atom stereocenters. The fourth-order valence-corrected chi connectivity index (χ4v) is 1.41. The molecule has 2 heterocycles. The van der Waals surface area contributed by atoms with Crippen LogP contribution in [0.2, 0.25) is 0 Å². The molecule has 2 rings (SSSR count). The molecule has 0 bridgehead atoms. The van der Waals surface area contributed by atoms with Gasteiger partial charge >= 0.3 is 6.01 Å². The summed E-state index contributed by atoms with van der Waals surface area (Å²) < 4.78 is 5.57. The van der Waals surface area contributed by atoms with Crippen LogP contribution in [0, 0.1) is 0 Å². The largest absolute Gasteiger partial charge is 0.466 e. The third kappa shape index (κ3) is 2.22. The molecule has 0 atom stereocenters. The van der Waals surface area contributed by atoms with Crippen molar-refractivity contribution < 1.29 is 9.53 Å². The number of aromatic amines is 2. The van der Waals surface area contributed by atoms with E-state index in [1.807, 2.05) is 0 Å². The predicted molar refractivity (Wildman–Crippen MR) is 59.4 cm³/mol. The standard InChI is InChI=1S/C8H8BrN5O2/c1-16-8-12-7(13-14-8)11-6(15)5-2-4(9)3-10-5/h2-3,10H,1H3,(H2,11,12,13,14,15). The van der Waals surface area contributed by atoms with Gasteiger partial charge in [0.1, 0.15) is 5.69 Å². The van der Waals surface area contributed by atoms with E-state index in [4.69, 9.17) is 4.74 Å². The fraction of sp³-hybridized carbons (Fsp3) is 0.125. The highest BCUT2D eigenvalue weighted by Crippen LogP contribution is 2.12. The molecule has 84 valence electrons. The number of nitrogens with one attached hydrogen (secondary N) is 3. The maximum absolute atomic E-state index is 11.6. The molecule has 1 amide bonds. The van der Waals surface area contributed by atoms with Crippen LogP contribution in [0.1, 0.15) is 10.5 Å². The van der Waals surface area contributed by atoms with Crippen LogP contribution < -0.4 is 10.1 Å². The molecular weight excluding hydrogens is 278 g/mol. The summed E-state index contributed by atoms with van der Waals surface area (Å²) in [6, 6.07) is 1.83. The number of carbonyl (C=O) groups is 1. The van der Waals surface area contributed by atoms with Crippen molar-refractivity contribution in [1.29, 1.82) is 0 Å². The quantitative estimate of drug-likeness (QED) is 0.788. The van der Waals surface area contributed by atoms with Gasteiger partial charge in [-0.25, -0.2) is 5.10 Å². The highest BCUT2D eigenvalue weighted by Gasteiger charge is 2.10. The second-order valence-corrected chi connectivity index (χ2v) is 3.77. The first-order valence-corrected chi connectivity index (χ1v) is 5.10. The van der Waals surface area contributed by atoms with Crippen molar-refractivity contribution in [3.63, 3.8) is 0 Å². The average Bonchev–Trinajstić information content (AvgIpc) is 2.87. The van der Waals surface area contributed by atoms with Gasteiger partial charge in [-0.15, -0.1) is 5.10 Å². The van der Waals surface area contributed by atoms with Gasteiger partial charge in [-0.2, -0.15) is 4.98 Å². The monoisotopic (exact) mass is 285 g/mol. The van der Waals surface area contributed by atoms with Crippen molar-refractivity contribution in [2.24, 2.45) is 0 Å². The highest BCUT2D eigenvalue weighted by atomic mass is 79.9. The van der Waals surface area contributed by atoms with E-state index in [-0.39, 0.29) is 17.9 Å². The lowest BCUT2D eigenvalue weighted by atomic mass is 10.4. The third-order valence-corrected chi connectivity index (χ3v) is 2.23. The molecule has 0 aromatic carbocycles. The van der Waals surface area contributed by atoms with Crippen LogP contribution in [0.15, 0.2) is 16.7 Å². The minimum Gasteiger partial charge on any atom is -0.466 e. The number of H-pyrrole nitrogens is 2. The van der Waals surface area contributed by atoms with E-state index < -0.39 is 0 Å². The number of halogens is 1. The SMILES string of the molecule is COc1n[nH]c(NC(=O)c2cc(Br)c[nH]2)n1. The Hall–Kier alpha value is -1.83. The number of anilines is 1. The molecule has 0 aliphatic carbocycles. The highest BCUT2D eigenvalue weighted by molar-refractivity contribution is 9.10. The maximum atomic E-state index is 11.6. The van der Waals surface area contributed by atoms with Gasteiger partial charge in [-0.3, -0.25) is 10.1 Å². The summed E-state index contributed by atoms with van der Waals surface area (Å²) in [6.45, 7) is 0. The van der Waals surface area contributed by atoms with E-state index in [1.54, 1.807) is 12.3 Å². The zero-order valence-corrected chi connectivity index (χ0v) is 9.83. The fourth-order valence-electron chi connectivity index (χ4n) is 1.07. The Balaban J connectivity index is 2.07. The summed E-state index contributed by atoms with van der Waals surface area (Å²) in [6.07, 6.45) is 1.66. The molecule has 0 spiro atoms. The number of hydrogen-bond donors (Lipinski definition) is 3. The Morgan fingerprint density at radius 1 is 1.62 bits per heavy atom. The Bertz CT molecular complexity index is 506. The first-order valence-electron chi connectivity index (χ1n) is 4.30. The number of hydrogen-bond acceptors (Lipinski definition) is 4. The average molecular weight is 286 g/mol. The van der Waals surface area contributed by atoms with E-state index in [1.165, 1.54) is 7.11 Å². The first kappa shape index (κ1) is 10.7. The normalized spacial score (nSPS) is 10.1. The van der Waals surface area contributed by atoms with Gasteiger partial charge in [0.15, 0.2) is 0 Å². The molecule has 16 heavy (non-hydrogen) atoms. The van der Waals surface area contributed by atoms with Gasteiger partial charge < -0.3 is 9.72 Å². The Kier molecular flexibility index (Phi) is 2.91. The lowest BCUT2D eigenvalue weighted by Gasteiger charge is -1.97. The summed E-state index contributed by atoms with van der Waals surface area (Å²) in [5.74, 6) is -0.0860. The molecule has 0 saturated carbocycles. The zero-order chi connectivity index (χ0) is 11.5. The van der Waals surface area contributed by atoms with E-state index in [2.05, 4.69) is 41.4 Å². The van der Waals surface area contributed by atoms with Crippen molar-refractivity contribution in [3.05, 3.63) is 22.4 Å². The van der Waals surface area contributed by atoms with E-state index in [0.717, 1.165) is 4.47 Å². The van der Waals surface area contributed by atoms with Gasteiger partial charge in [-0.1, -0.05) is 0 Å². The zero-order valence-electron chi connectivity index (χ0n) is 8.24. The summed E-state index contributed by atoms with van der Waals surface area (Å²) in [5.41, 5.74) is 0.419. The summed E-state index contributed by atoms with van der Waals surface area (Å²) in [5, 5.41) is 8.74. The Morgan fingerprint density at radius 3 is 3.00 bits per heavy atom. The van der Waals surface area contributed by atoms with Gasteiger partial charge in [0, 0.05) is 10.7 Å². The molecule has 2 aromatic rings. The molecule has 8 heteroatoms. The number of rotatable bonds is 3. The third-order valence-electron chi connectivity index (χ3n) is 1.77. The van der Waals surface area contributed by atoms with Crippen LogP contribution in [0.25, 0.3) is 0 Å². The predicted octanol–water partition coefficient (Wildman–Crippen LogP) is 1.16. The number of nitrogens with zero attached hydrogens (tertiary/aromatic N) is 2. The van der Waals surface area contributed by atoms with E-state index >= 15 is 0 Å². The number of ether oxygens (including phenoxy) is 1. The first-order chi connectivity index (χ1) is 7.69. The van der Waals surface area contributed by atoms with Crippen molar-refractivity contribution in [1.82, 2.24) is 20.2 Å². The van der Waals surface area contributed by atoms with Crippen LogP contribution >= 0.6 is 15.9 Å². The van der Waals surface area contributed by atoms with Crippen LogP contribution in [-0.4, -0.2) is 33.2 Å². The smallest absolute Gasteiger partial charge is 0.336 e. The molecule has 7 nitrogen and oxygen atoms in total. The lowest BCUT2D eigenvalue weighted by molar-refractivity contribution is 0.102. The van der Waals surface area contributed by atoms with Gasteiger partial charge in [0.2, 0.25) is 5.95 Å². The molecule has 2 aromatic heterocycles. The number of aromatic nitrogens is 4. The Labute approximate surface area is 98.7 Å². The van der Waals surface area contributed by atoms with Crippen LogP contribution in [0.5, 0.6) is 6.01 Å². The second kappa shape index (κ2) is 4.35. The summed E-state index contributed by atoms with van der Waals surface area (Å²) >= 11 is 3.23. The van der Waals surface area contributed by atoms with Gasteiger partial charge in [-0.05, 0) is 22.0 Å². The van der Waals surface area contributed by atoms with Gasteiger partial charge in [0.05, 0.1) is 7.11 Å². The van der Waals surface area contributed by atoms with Crippen molar-refractivity contribution >= 4 is 27.8 Å².